The van der Waals surface area contributed by atoms with E-state index in [0.29, 0.717) is 0 Å². The van der Waals surface area contributed by atoms with Gasteiger partial charge in [0.05, 0.1) is 0 Å². The Labute approximate surface area is 109 Å². The van der Waals surface area contributed by atoms with Crippen LogP contribution in [0.5, 0.6) is 0 Å². The predicted octanol–water partition coefficient (Wildman–Crippen LogP) is 2.21. The molecule has 0 atom stereocenters. The zero-order valence-corrected chi connectivity index (χ0v) is 11.1. The van der Waals surface area contributed by atoms with E-state index in [-0.39, 0.29) is 5.91 Å². The van der Waals surface area contributed by atoms with Crippen LogP contribution in [-0.4, -0.2) is 41.9 Å². The van der Waals surface area contributed by atoms with Gasteiger partial charge in [-0.05, 0) is 19.4 Å². The highest BCUT2D eigenvalue weighted by atomic mass is 16.2. The van der Waals surface area contributed by atoms with Crippen LogP contribution >= 0.6 is 0 Å². The molecular formula is C15H20N2O. The average Bonchev–Trinajstić information content (AvgIpc) is 2.58. The number of nitrogens with zero attached hydrogens (tertiary/aromatic N) is 2. The highest BCUT2D eigenvalue weighted by Gasteiger charge is 2.20. The minimum absolute atomic E-state index is 0.118. The van der Waals surface area contributed by atoms with Crippen LogP contribution in [0.25, 0.3) is 5.70 Å². The summed E-state index contributed by atoms with van der Waals surface area (Å²) in [5.41, 5.74) is 2.16. The van der Waals surface area contributed by atoms with Gasteiger partial charge in [0.1, 0.15) is 0 Å². The first-order chi connectivity index (χ1) is 8.76. The number of hydrogen-bond donors (Lipinski definition) is 0. The van der Waals surface area contributed by atoms with Crippen LogP contribution in [0, 0.1) is 0 Å². The molecule has 1 heterocycles. The lowest BCUT2D eigenvalue weighted by Crippen LogP contribution is -2.33. The molecule has 0 bridgehead atoms. The van der Waals surface area contributed by atoms with Crippen molar-refractivity contribution in [1.82, 2.24) is 9.80 Å². The van der Waals surface area contributed by atoms with E-state index < -0.39 is 0 Å². The summed E-state index contributed by atoms with van der Waals surface area (Å²) < 4.78 is 0. The maximum atomic E-state index is 12.1. The normalized spacial score (nSPS) is 16.6. The average molecular weight is 244 g/mol. The van der Waals surface area contributed by atoms with Gasteiger partial charge in [0.2, 0.25) is 5.91 Å². The van der Waals surface area contributed by atoms with E-state index >= 15 is 0 Å². The van der Waals surface area contributed by atoms with Gasteiger partial charge in [0.15, 0.2) is 0 Å². The first-order valence-corrected chi connectivity index (χ1v) is 6.57. The molecule has 2 rings (SSSR count). The molecule has 0 fully saturated rings. The fraction of sp³-hybridized carbons (Fsp3) is 0.400. The number of carbonyl (C=O) groups excluding carboxylic acids is 1. The molecule has 1 aliphatic rings. The highest BCUT2D eigenvalue weighted by Crippen LogP contribution is 2.21. The molecule has 0 aromatic heterocycles. The molecule has 1 amide bonds. The topological polar surface area (TPSA) is 23.6 Å². The molecule has 3 heteroatoms. The summed E-state index contributed by atoms with van der Waals surface area (Å²) in [6.07, 6.45) is 1.77. The van der Waals surface area contributed by atoms with Crippen molar-refractivity contribution in [2.45, 2.75) is 13.8 Å². The van der Waals surface area contributed by atoms with Crippen LogP contribution in [0.2, 0.25) is 0 Å². The van der Waals surface area contributed by atoms with Crippen LogP contribution in [0.4, 0.5) is 0 Å². The third kappa shape index (κ3) is 2.55. The fourth-order valence-electron chi connectivity index (χ4n) is 2.29. The summed E-state index contributed by atoms with van der Waals surface area (Å²) in [4.78, 5) is 16.3. The van der Waals surface area contributed by atoms with E-state index in [4.69, 9.17) is 0 Å². The molecule has 0 unspecified atom stereocenters. The van der Waals surface area contributed by atoms with Gasteiger partial charge in [-0.3, -0.25) is 4.79 Å². The molecule has 18 heavy (non-hydrogen) atoms. The van der Waals surface area contributed by atoms with Crippen LogP contribution in [-0.2, 0) is 4.79 Å². The van der Waals surface area contributed by atoms with Gasteiger partial charge in [0, 0.05) is 38.0 Å². The van der Waals surface area contributed by atoms with E-state index in [2.05, 4.69) is 24.0 Å². The number of amides is 1. The summed E-state index contributed by atoms with van der Waals surface area (Å²) in [5, 5.41) is 0. The van der Waals surface area contributed by atoms with Crippen molar-refractivity contribution < 1.29 is 4.79 Å². The van der Waals surface area contributed by atoms with Crippen molar-refractivity contribution in [3.63, 3.8) is 0 Å². The summed E-state index contributed by atoms with van der Waals surface area (Å²) in [5.74, 6) is 0.118. The van der Waals surface area contributed by atoms with Crippen molar-refractivity contribution in [2.75, 3.05) is 26.2 Å². The number of carbonyl (C=O) groups is 1. The molecule has 0 saturated heterocycles. The monoisotopic (exact) mass is 244 g/mol. The second-order valence-electron chi connectivity index (χ2n) is 4.39. The maximum Gasteiger partial charge on any atom is 0.248 e. The van der Waals surface area contributed by atoms with Crippen LogP contribution in [0.3, 0.4) is 0 Å². The maximum absolute atomic E-state index is 12.1. The summed E-state index contributed by atoms with van der Waals surface area (Å²) in [6.45, 7) is 7.55. The van der Waals surface area contributed by atoms with Gasteiger partial charge in [-0.15, -0.1) is 0 Å². The highest BCUT2D eigenvalue weighted by molar-refractivity contribution is 5.95. The van der Waals surface area contributed by atoms with Crippen LogP contribution in [0.1, 0.15) is 19.4 Å². The van der Waals surface area contributed by atoms with Crippen molar-refractivity contribution in [1.29, 1.82) is 0 Å². The van der Waals surface area contributed by atoms with Gasteiger partial charge in [0.25, 0.3) is 0 Å². The molecule has 96 valence electrons. The van der Waals surface area contributed by atoms with Gasteiger partial charge in [-0.25, -0.2) is 0 Å². The van der Waals surface area contributed by atoms with E-state index in [1.165, 1.54) is 0 Å². The van der Waals surface area contributed by atoms with Crippen LogP contribution < -0.4 is 0 Å². The Balaban J connectivity index is 2.36. The fourth-order valence-corrected chi connectivity index (χ4v) is 2.29. The standard InChI is InChI=1S/C15H20N2O/c1-3-16-10-11-17(4-2)15(18)12-14(16)13-8-6-5-7-9-13/h5-9,12H,3-4,10-11H2,1-2H3. The van der Waals surface area contributed by atoms with E-state index in [0.717, 1.165) is 37.4 Å². The van der Waals surface area contributed by atoms with Crippen molar-refractivity contribution in [3.8, 4) is 0 Å². The van der Waals surface area contributed by atoms with Crippen molar-refractivity contribution in [3.05, 3.63) is 42.0 Å². The molecule has 0 radical (unpaired) electrons. The molecule has 1 aromatic rings. The van der Waals surface area contributed by atoms with E-state index in [9.17, 15) is 4.79 Å². The molecule has 0 spiro atoms. The second-order valence-corrected chi connectivity index (χ2v) is 4.39. The lowest BCUT2D eigenvalue weighted by molar-refractivity contribution is -0.125. The number of rotatable bonds is 3. The van der Waals surface area contributed by atoms with E-state index in [1.807, 2.05) is 30.0 Å². The summed E-state index contributed by atoms with van der Waals surface area (Å²) in [7, 11) is 0. The summed E-state index contributed by atoms with van der Waals surface area (Å²) >= 11 is 0. The minimum Gasteiger partial charge on any atom is -0.369 e. The third-order valence-corrected chi connectivity index (χ3v) is 3.39. The zero-order chi connectivity index (χ0) is 13.0. The van der Waals surface area contributed by atoms with Gasteiger partial charge in [-0.2, -0.15) is 0 Å². The first-order valence-electron chi connectivity index (χ1n) is 6.57. The molecule has 0 aliphatic carbocycles. The van der Waals surface area contributed by atoms with Crippen molar-refractivity contribution in [2.24, 2.45) is 0 Å². The second kappa shape index (κ2) is 5.71. The molecular weight excluding hydrogens is 224 g/mol. The van der Waals surface area contributed by atoms with E-state index in [1.54, 1.807) is 6.08 Å². The number of likely N-dealkylation sites (N-methyl/N-ethyl adjacent to an activating group) is 2. The van der Waals surface area contributed by atoms with Gasteiger partial charge in [-0.1, -0.05) is 30.3 Å². The molecule has 0 N–H and O–H groups in total. The lowest BCUT2D eigenvalue weighted by atomic mass is 10.1. The smallest absolute Gasteiger partial charge is 0.248 e. The Morgan fingerprint density at radius 1 is 1.00 bits per heavy atom. The molecule has 3 nitrogen and oxygen atoms in total. The molecule has 1 aromatic carbocycles. The SMILES string of the molecule is CCN1CCN(CC)C(c2ccccc2)=CC1=O. The van der Waals surface area contributed by atoms with Crippen molar-refractivity contribution >= 4 is 11.6 Å². The Morgan fingerprint density at radius 3 is 2.22 bits per heavy atom. The number of hydrogen-bond acceptors (Lipinski definition) is 2. The number of benzene rings is 1. The van der Waals surface area contributed by atoms with Crippen LogP contribution in [0.15, 0.2) is 36.4 Å². The Kier molecular flexibility index (Phi) is 4.03. The quantitative estimate of drug-likeness (QED) is 0.814. The third-order valence-electron chi connectivity index (χ3n) is 3.39. The Hall–Kier alpha value is -1.77. The zero-order valence-electron chi connectivity index (χ0n) is 11.1. The predicted molar refractivity (Wildman–Crippen MR) is 73.9 cm³/mol. The Morgan fingerprint density at radius 2 is 1.61 bits per heavy atom. The lowest BCUT2D eigenvalue weighted by Gasteiger charge is -2.25. The molecule has 1 aliphatic heterocycles. The minimum atomic E-state index is 0.118. The summed E-state index contributed by atoms with van der Waals surface area (Å²) in [6, 6.07) is 10.1. The Bertz CT molecular complexity index is 439. The largest absolute Gasteiger partial charge is 0.369 e. The van der Waals surface area contributed by atoms with Gasteiger partial charge >= 0.3 is 0 Å². The first kappa shape index (κ1) is 12.7. The molecule has 0 saturated carbocycles. The van der Waals surface area contributed by atoms with Gasteiger partial charge < -0.3 is 9.80 Å².